The van der Waals surface area contributed by atoms with Gasteiger partial charge in [-0.3, -0.25) is 29.0 Å². The van der Waals surface area contributed by atoms with Crippen molar-refractivity contribution >= 4 is 23.6 Å². The number of aryl methyl sites for hydroxylation is 1. The number of aliphatic hydroxyl groups excluding tert-OH is 3. The second kappa shape index (κ2) is 17.0. The van der Waals surface area contributed by atoms with Crippen molar-refractivity contribution in [3.05, 3.63) is 41.5 Å². The lowest BCUT2D eigenvalue weighted by atomic mass is 9.97. The zero-order valence-corrected chi connectivity index (χ0v) is 28.3. The van der Waals surface area contributed by atoms with Gasteiger partial charge in [0.1, 0.15) is 36.5 Å². The maximum Gasteiger partial charge on any atom is 0.311 e. The average Bonchev–Trinajstić information content (AvgIpc) is 3.59. The number of unbranched alkanes of at least 4 members (excludes halogenated alkanes) is 2. The van der Waals surface area contributed by atoms with E-state index in [1.807, 2.05) is 17.9 Å². The van der Waals surface area contributed by atoms with Crippen LogP contribution in [0.2, 0.25) is 0 Å². The lowest BCUT2D eigenvalue weighted by Crippen LogP contribution is -2.54. The highest BCUT2D eigenvalue weighted by molar-refractivity contribution is 6.13. The van der Waals surface area contributed by atoms with Crippen molar-refractivity contribution in [2.45, 2.75) is 110 Å². The Morgan fingerprint density at radius 3 is 2.44 bits per heavy atom. The van der Waals surface area contributed by atoms with Crippen LogP contribution in [0.5, 0.6) is 5.75 Å². The van der Waals surface area contributed by atoms with Gasteiger partial charge in [0.05, 0.1) is 31.2 Å². The van der Waals surface area contributed by atoms with E-state index in [9.17, 15) is 34.5 Å². The molecule has 3 heterocycles. The van der Waals surface area contributed by atoms with Crippen LogP contribution in [0.1, 0.15) is 70.9 Å². The standard InChI is InChI=1S/C35H50N2O11/c1-5-45-20-25-16-24(37-29(40)13-14-30(37)41)17-36(25)18-26(38)10-8-6-7-9-22-11-12-23(19-47-34(44)35(2,3)4)28(15-22)48-33-32(43)31(42)27(39)21-46-33/h11-15,24-25,27,31-33,39,42-43H,5-10,16-21H2,1-4H3/t24-,25-,27+,31-,32+,33-/m0/s1. The Hall–Kier alpha value is -3.20. The number of esters is 1. The number of aliphatic hydroxyl groups is 3. The van der Waals surface area contributed by atoms with Crippen LogP contribution in [0.3, 0.4) is 0 Å². The lowest BCUT2D eigenvalue weighted by molar-refractivity contribution is -0.242. The number of likely N-dealkylation sites (tertiary alicyclic amines) is 1. The zero-order valence-electron chi connectivity index (χ0n) is 28.3. The minimum Gasteiger partial charge on any atom is -0.462 e. The summed E-state index contributed by atoms with van der Waals surface area (Å²) in [6, 6.07) is 5.14. The summed E-state index contributed by atoms with van der Waals surface area (Å²) in [5.74, 6) is -0.593. The molecule has 2 fully saturated rings. The third-order valence-electron chi connectivity index (χ3n) is 8.83. The number of ether oxygens (including phenoxy) is 4. The predicted octanol–water partition coefficient (Wildman–Crippen LogP) is 1.67. The van der Waals surface area contributed by atoms with Crippen molar-refractivity contribution < 1.29 is 53.4 Å². The Balaban J connectivity index is 1.29. The molecular formula is C35H50N2O11. The van der Waals surface area contributed by atoms with E-state index in [4.69, 9.17) is 18.9 Å². The smallest absolute Gasteiger partial charge is 0.311 e. The predicted molar refractivity (Wildman–Crippen MR) is 173 cm³/mol. The Bertz CT molecular complexity index is 1310. The maximum absolute atomic E-state index is 13.0. The molecule has 0 bridgehead atoms. The van der Waals surface area contributed by atoms with Gasteiger partial charge in [-0.1, -0.05) is 18.6 Å². The van der Waals surface area contributed by atoms with E-state index in [1.54, 1.807) is 32.9 Å². The van der Waals surface area contributed by atoms with Crippen molar-refractivity contribution in [2.24, 2.45) is 5.41 Å². The second-order valence-electron chi connectivity index (χ2n) is 13.7. The molecule has 0 saturated carbocycles. The molecule has 0 radical (unpaired) electrons. The summed E-state index contributed by atoms with van der Waals surface area (Å²) in [6.07, 6.45) is 1.14. The van der Waals surface area contributed by atoms with Gasteiger partial charge in [0.25, 0.3) is 11.8 Å². The van der Waals surface area contributed by atoms with Crippen LogP contribution < -0.4 is 4.74 Å². The Labute approximate surface area is 281 Å². The number of imide groups is 1. The highest BCUT2D eigenvalue weighted by atomic mass is 16.7. The second-order valence-corrected chi connectivity index (χ2v) is 13.7. The molecule has 3 aliphatic rings. The van der Waals surface area contributed by atoms with Crippen molar-refractivity contribution in [3.8, 4) is 5.75 Å². The Morgan fingerprint density at radius 1 is 1.02 bits per heavy atom. The number of hydrogen-bond acceptors (Lipinski definition) is 12. The normalized spacial score (nSPS) is 26.4. The molecular weight excluding hydrogens is 624 g/mol. The van der Waals surface area contributed by atoms with E-state index in [0.29, 0.717) is 56.8 Å². The first-order valence-electron chi connectivity index (χ1n) is 16.8. The number of carbonyl (C=O) groups is 4. The summed E-state index contributed by atoms with van der Waals surface area (Å²) < 4.78 is 22.5. The van der Waals surface area contributed by atoms with Crippen LogP contribution in [-0.4, -0.2) is 118 Å². The van der Waals surface area contributed by atoms with Gasteiger partial charge in [0.2, 0.25) is 6.29 Å². The minimum atomic E-state index is -1.48. The summed E-state index contributed by atoms with van der Waals surface area (Å²) >= 11 is 0. The van der Waals surface area contributed by atoms with Crippen LogP contribution >= 0.6 is 0 Å². The molecule has 4 rings (SSSR count). The van der Waals surface area contributed by atoms with Gasteiger partial charge in [-0.05, 0) is 65.0 Å². The third-order valence-corrected chi connectivity index (χ3v) is 8.83. The van der Waals surface area contributed by atoms with E-state index >= 15 is 0 Å². The van der Waals surface area contributed by atoms with Gasteiger partial charge in [0, 0.05) is 43.3 Å². The highest BCUT2D eigenvalue weighted by Crippen LogP contribution is 2.29. The average molecular weight is 675 g/mol. The summed E-state index contributed by atoms with van der Waals surface area (Å²) in [5.41, 5.74) is 0.787. The molecule has 3 aliphatic heterocycles. The van der Waals surface area contributed by atoms with Gasteiger partial charge in [0.15, 0.2) is 0 Å². The van der Waals surface area contributed by atoms with E-state index in [0.717, 1.165) is 18.4 Å². The molecule has 2 amide bonds. The van der Waals surface area contributed by atoms with E-state index < -0.39 is 30.0 Å². The molecule has 3 N–H and O–H groups in total. The van der Waals surface area contributed by atoms with Crippen molar-refractivity contribution in [3.63, 3.8) is 0 Å². The van der Waals surface area contributed by atoms with Crippen molar-refractivity contribution in [2.75, 3.05) is 32.9 Å². The van der Waals surface area contributed by atoms with Crippen molar-refractivity contribution in [1.29, 1.82) is 0 Å². The fourth-order valence-corrected chi connectivity index (χ4v) is 6.02. The number of carbonyl (C=O) groups excluding carboxylic acids is 4. The molecule has 0 aliphatic carbocycles. The summed E-state index contributed by atoms with van der Waals surface area (Å²) in [7, 11) is 0. The molecule has 2 saturated heterocycles. The zero-order chi connectivity index (χ0) is 35.0. The Kier molecular flexibility index (Phi) is 13.3. The summed E-state index contributed by atoms with van der Waals surface area (Å²) in [6.45, 7) is 8.54. The van der Waals surface area contributed by atoms with Gasteiger partial charge < -0.3 is 34.3 Å². The van der Waals surface area contributed by atoms with E-state index in [2.05, 4.69) is 0 Å². The third kappa shape index (κ3) is 9.93. The SMILES string of the molecule is CCOC[C@@H]1C[C@H](N2C(=O)C=CC2=O)CN1CC(=O)CCCCCc1ccc(COC(=O)C(C)(C)C)c(O[C@@H]2OC[C@@H](O)[C@H](O)[C@H]2O)c1. The molecule has 0 spiro atoms. The first-order valence-corrected chi connectivity index (χ1v) is 16.8. The number of amides is 2. The van der Waals surface area contributed by atoms with Crippen LogP contribution in [0, 0.1) is 5.41 Å². The van der Waals surface area contributed by atoms with E-state index in [-0.39, 0.29) is 55.4 Å². The molecule has 0 aromatic heterocycles. The minimum absolute atomic E-state index is 0.0510. The molecule has 1 aromatic rings. The number of benzene rings is 1. The quantitative estimate of drug-likeness (QED) is 0.132. The molecule has 1 aromatic carbocycles. The molecule has 6 atom stereocenters. The number of rotatable bonds is 16. The van der Waals surface area contributed by atoms with Crippen molar-refractivity contribution in [1.82, 2.24) is 9.80 Å². The van der Waals surface area contributed by atoms with Gasteiger partial charge in [-0.25, -0.2) is 0 Å². The van der Waals surface area contributed by atoms with E-state index in [1.165, 1.54) is 17.1 Å². The largest absolute Gasteiger partial charge is 0.462 e. The summed E-state index contributed by atoms with van der Waals surface area (Å²) in [4.78, 5) is 53.1. The van der Waals surface area contributed by atoms with Crippen LogP contribution in [0.25, 0.3) is 0 Å². The summed E-state index contributed by atoms with van der Waals surface area (Å²) in [5, 5.41) is 30.3. The maximum atomic E-state index is 13.0. The molecule has 48 heavy (non-hydrogen) atoms. The molecule has 0 unspecified atom stereocenters. The topological polar surface area (TPSA) is 172 Å². The lowest BCUT2D eigenvalue weighted by Gasteiger charge is -2.35. The van der Waals surface area contributed by atoms with Crippen LogP contribution in [-0.2, 0) is 46.4 Å². The molecule has 13 heteroatoms. The Morgan fingerprint density at radius 2 is 1.75 bits per heavy atom. The number of ketones is 1. The molecule has 266 valence electrons. The van der Waals surface area contributed by atoms with Crippen LogP contribution in [0.4, 0.5) is 0 Å². The fourth-order valence-electron chi connectivity index (χ4n) is 6.02. The highest BCUT2D eigenvalue weighted by Gasteiger charge is 2.41. The van der Waals surface area contributed by atoms with Gasteiger partial charge >= 0.3 is 5.97 Å². The fraction of sp³-hybridized carbons (Fsp3) is 0.657. The number of hydrogen-bond donors (Lipinski definition) is 3. The van der Waals surface area contributed by atoms with Gasteiger partial charge in [-0.2, -0.15) is 0 Å². The monoisotopic (exact) mass is 674 g/mol. The first kappa shape index (κ1) is 37.6. The molecule has 13 nitrogen and oxygen atoms in total. The van der Waals surface area contributed by atoms with Gasteiger partial charge in [-0.15, -0.1) is 0 Å². The number of Topliss-reactive ketones (excluding diaryl/α,β-unsaturated/α-hetero) is 1. The van der Waals surface area contributed by atoms with Crippen LogP contribution in [0.15, 0.2) is 30.4 Å². The number of nitrogens with zero attached hydrogens (tertiary/aromatic N) is 2. The first-order chi connectivity index (χ1) is 22.8.